The second-order valence-corrected chi connectivity index (χ2v) is 8.41. The number of likely N-dealkylation sites (N-methyl/N-ethyl adjacent to an activating group) is 1. The lowest BCUT2D eigenvalue weighted by Gasteiger charge is -2.13. The van der Waals surface area contributed by atoms with Gasteiger partial charge in [0, 0.05) is 30.1 Å². The second kappa shape index (κ2) is 13.3. The minimum absolute atomic E-state index is 0.275. The number of carbonyl (C=O) groups excluding carboxylic acids is 2. The molecule has 0 saturated carbocycles. The zero-order valence-corrected chi connectivity index (χ0v) is 21.2. The fourth-order valence-corrected chi connectivity index (χ4v) is 3.36. The van der Waals surface area contributed by atoms with Gasteiger partial charge in [0.25, 0.3) is 5.91 Å². The lowest BCUT2D eigenvalue weighted by molar-refractivity contribution is -0.111. The van der Waals surface area contributed by atoms with E-state index in [0.29, 0.717) is 46.6 Å². The lowest BCUT2D eigenvalue weighted by atomic mass is 10.1. The summed E-state index contributed by atoms with van der Waals surface area (Å²) in [5.74, 6) is 0.271. The molecule has 2 amide bonds. The Kier molecular flexibility index (Phi) is 9.85. The Morgan fingerprint density at radius 3 is 2.53 bits per heavy atom. The molecule has 0 atom stereocenters. The Hall–Kier alpha value is -3.88. The maximum absolute atomic E-state index is 12.9. The number of aromatic nitrogens is 1. The van der Waals surface area contributed by atoms with E-state index in [-0.39, 0.29) is 18.4 Å². The van der Waals surface area contributed by atoms with Crippen molar-refractivity contribution in [1.29, 1.82) is 0 Å². The monoisotopic (exact) mass is 508 g/mol. The molecule has 0 fully saturated rings. The Morgan fingerprint density at radius 2 is 1.83 bits per heavy atom. The van der Waals surface area contributed by atoms with Gasteiger partial charge in [-0.25, -0.2) is 0 Å². The predicted octanol–water partition coefficient (Wildman–Crippen LogP) is 5.02. The van der Waals surface area contributed by atoms with E-state index in [9.17, 15) is 9.59 Å². The molecule has 0 spiro atoms. The van der Waals surface area contributed by atoms with Crippen molar-refractivity contribution in [3.05, 3.63) is 89.2 Å². The molecular formula is C27H29ClN4O4. The molecule has 2 aromatic carbocycles. The summed E-state index contributed by atoms with van der Waals surface area (Å²) < 4.78 is 11.3. The third kappa shape index (κ3) is 8.11. The number of hydrogen-bond donors (Lipinski definition) is 2. The highest BCUT2D eigenvalue weighted by Gasteiger charge is 2.13. The quantitative estimate of drug-likeness (QED) is 0.353. The largest absolute Gasteiger partial charge is 0.492 e. The van der Waals surface area contributed by atoms with Crippen molar-refractivity contribution in [2.75, 3.05) is 37.9 Å². The molecule has 3 aromatic rings. The molecule has 9 heteroatoms. The molecule has 1 aromatic heterocycles. The van der Waals surface area contributed by atoms with Crippen molar-refractivity contribution in [2.24, 2.45) is 0 Å². The van der Waals surface area contributed by atoms with E-state index in [0.717, 1.165) is 5.69 Å². The zero-order chi connectivity index (χ0) is 25.9. The average Bonchev–Trinajstić information content (AvgIpc) is 2.85. The van der Waals surface area contributed by atoms with Gasteiger partial charge in [-0.15, -0.1) is 0 Å². The van der Waals surface area contributed by atoms with Gasteiger partial charge in [-0.05, 0) is 69.6 Å². The lowest BCUT2D eigenvalue weighted by Crippen LogP contribution is -2.15. The SMILES string of the molecule is CCOc1ccc(C(=O)Nc2ccc(OCc3ccccn3)c(Cl)c2)cc1NC(=O)/C=C/CN(C)C. The summed E-state index contributed by atoms with van der Waals surface area (Å²) in [5, 5.41) is 5.95. The highest BCUT2D eigenvalue weighted by Crippen LogP contribution is 2.30. The maximum atomic E-state index is 12.9. The smallest absolute Gasteiger partial charge is 0.255 e. The van der Waals surface area contributed by atoms with Crippen LogP contribution in [0.25, 0.3) is 0 Å². The number of hydrogen-bond acceptors (Lipinski definition) is 6. The van der Waals surface area contributed by atoms with Crippen LogP contribution in [0, 0.1) is 0 Å². The first-order chi connectivity index (χ1) is 17.4. The molecule has 3 rings (SSSR count). The molecule has 1 heterocycles. The maximum Gasteiger partial charge on any atom is 0.255 e. The molecule has 0 aliphatic heterocycles. The number of anilines is 2. The van der Waals surface area contributed by atoms with Gasteiger partial charge in [0.2, 0.25) is 5.91 Å². The number of rotatable bonds is 11. The van der Waals surface area contributed by atoms with Gasteiger partial charge in [-0.3, -0.25) is 14.6 Å². The van der Waals surface area contributed by atoms with Crippen LogP contribution < -0.4 is 20.1 Å². The van der Waals surface area contributed by atoms with Gasteiger partial charge in [0.1, 0.15) is 18.1 Å². The van der Waals surface area contributed by atoms with Gasteiger partial charge >= 0.3 is 0 Å². The first kappa shape index (κ1) is 26.7. The van der Waals surface area contributed by atoms with Gasteiger partial charge < -0.3 is 25.0 Å². The summed E-state index contributed by atoms with van der Waals surface area (Å²) in [7, 11) is 3.82. The summed E-state index contributed by atoms with van der Waals surface area (Å²) in [6.45, 7) is 3.16. The molecule has 188 valence electrons. The Balaban J connectivity index is 1.68. The van der Waals surface area contributed by atoms with Crippen LogP contribution in [0.4, 0.5) is 11.4 Å². The van der Waals surface area contributed by atoms with Crippen molar-refractivity contribution in [3.63, 3.8) is 0 Å². The van der Waals surface area contributed by atoms with Crippen molar-refractivity contribution in [3.8, 4) is 11.5 Å². The molecular weight excluding hydrogens is 480 g/mol. The molecule has 0 radical (unpaired) electrons. The van der Waals surface area contributed by atoms with Crippen LogP contribution in [-0.2, 0) is 11.4 Å². The Labute approximate surface area is 215 Å². The van der Waals surface area contributed by atoms with Crippen molar-refractivity contribution >= 4 is 34.8 Å². The number of pyridine rings is 1. The Bertz CT molecular complexity index is 1220. The van der Waals surface area contributed by atoms with Gasteiger partial charge in [-0.1, -0.05) is 23.7 Å². The van der Waals surface area contributed by atoms with Crippen LogP contribution in [0.1, 0.15) is 23.0 Å². The molecule has 0 saturated heterocycles. The number of nitrogens with zero attached hydrogens (tertiary/aromatic N) is 2. The molecule has 36 heavy (non-hydrogen) atoms. The van der Waals surface area contributed by atoms with E-state index in [1.54, 1.807) is 48.7 Å². The fraction of sp³-hybridized carbons (Fsp3) is 0.222. The van der Waals surface area contributed by atoms with E-state index in [4.69, 9.17) is 21.1 Å². The number of benzene rings is 2. The van der Waals surface area contributed by atoms with E-state index in [1.165, 1.54) is 6.08 Å². The van der Waals surface area contributed by atoms with Crippen molar-refractivity contribution < 1.29 is 19.1 Å². The standard InChI is InChI=1S/C27H29ClN4O4/c1-4-35-25-12-10-19(16-23(25)31-26(33)9-7-15-32(2)3)27(34)30-20-11-13-24(22(28)17-20)36-18-21-8-5-6-14-29-21/h5-14,16-17H,4,15,18H2,1-3H3,(H,30,34)(H,31,33)/b9-7+. The van der Waals surface area contributed by atoms with Crippen LogP contribution >= 0.6 is 11.6 Å². The average molecular weight is 509 g/mol. The van der Waals surface area contributed by atoms with Crippen molar-refractivity contribution in [1.82, 2.24) is 9.88 Å². The first-order valence-electron chi connectivity index (χ1n) is 11.4. The zero-order valence-electron chi connectivity index (χ0n) is 20.5. The molecule has 0 aliphatic rings. The first-order valence-corrected chi connectivity index (χ1v) is 11.8. The minimum Gasteiger partial charge on any atom is -0.492 e. The predicted molar refractivity (Wildman–Crippen MR) is 142 cm³/mol. The summed E-state index contributed by atoms with van der Waals surface area (Å²) in [5.41, 5.74) is 2.02. The highest BCUT2D eigenvalue weighted by molar-refractivity contribution is 6.32. The summed E-state index contributed by atoms with van der Waals surface area (Å²) in [4.78, 5) is 31.4. The van der Waals surface area contributed by atoms with Crippen LogP contribution in [0.5, 0.6) is 11.5 Å². The minimum atomic E-state index is -0.366. The molecule has 2 N–H and O–H groups in total. The number of halogens is 1. The third-order valence-electron chi connectivity index (χ3n) is 4.83. The van der Waals surface area contributed by atoms with Crippen LogP contribution in [-0.4, -0.2) is 48.9 Å². The molecule has 0 unspecified atom stereocenters. The summed E-state index contributed by atoms with van der Waals surface area (Å²) in [6, 6.07) is 15.4. The molecule has 8 nitrogen and oxygen atoms in total. The fourth-order valence-electron chi connectivity index (χ4n) is 3.13. The third-order valence-corrected chi connectivity index (χ3v) is 5.13. The Morgan fingerprint density at radius 1 is 1.03 bits per heavy atom. The molecule has 0 bridgehead atoms. The summed E-state index contributed by atoms with van der Waals surface area (Å²) >= 11 is 6.35. The van der Waals surface area contributed by atoms with Crippen LogP contribution in [0.2, 0.25) is 5.02 Å². The van der Waals surface area contributed by atoms with Gasteiger partial charge in [0.15, 0.2) is 0 Å². The topological polar surface area (TPSA) is 92.8 Å². The van der Waals surface area contributed by atoms with E-state index in [1.807, 2.05) is 44.1 Å². The summed E-state index contributed by atoms with van der Waals surface area (Å²) in [6.07, 6.45) is 4.89. The number of amides is 2. The van der Waals surface area contributed by atoms with Crippen LogP contribution in [0.3, 0.4) is 0 Å². The number of carbonyl (C=O) groups is 2. The second-order valence-electron chi connectivity index (χ2n) is 8.01. The number of ether oxygens (including phenoxy) is 2. The van der Waals surface area contributed by atoms with E-state index >= 15 is 0 Å². The van der Waals surface area contributed by atoms with Gasteiger partial charge in [0.05, 0.1) is 23.0 Å². The molecule has 0 aliphatic carbocycles. The van der Waals surface area contributed by atoms with E-state index in [2.05, 4.69) is 15.6 Å². The number of nitrogens with one attached hydrogen (secondary N) is 2. The normalized spacial score (nSPS) is 10.9. The van der Waals surface area contributed by atoms with Gasteiger partial charge in [-0.2, -0.15) is 0 Å². The van der Waals surface area contributed by atoms with Crippen molar-refractivity contribution in [2.45, 2.75) is 13.5 Å². The van der Waals surface area contributed by atoms with E-state index < -0.39 is 0 Å². The highest BCUT2D eigenvalue weighted by atomic mass is 35.5. The van der Waals surface area contributed by atoms with Crippen LogP contribution in [0.15, 0.2) is 72.9 Å².